The molecule has 9 N–H and O–H groups in total. The molecule has 0 saturated heterocycles. The topological polar surface area (TPSA) is 211 Å². The van der Waals surface area contributed by atoms with Crippen molar-refractivity contribution in [1.82, 2.24) is 10.6 Å². The lowest BCUT2D eigenvalue weighted by atomic mass is 10.0. The standard InChI is InChI=1S/C20H20N2O5S.C19H18N2O3/c1-28(26,27)22-16-5-2-13(3-6-16)8-9-21-20(25)18-11-15-10-17(23)7-4-14(15)12-19(18)24;20-15-4-1-12(2-5-15)7-8-21-19(24)17-10-14-9-16(22)6-3-13(14)11-18(17)23/h2-7,10-12,22-24H,8-9H2,1H3,(H,21,25);1-6,9-11,22-23H,7-8,20H2,(H,21,24). The second kappa shape index (κ2) is 16.0. The number of nitrogens with two attached hydrogens (primary N) is 1. The van der Waals surface area contributed by atoms with Crippen molar-refractivity contribution < 1.29 is 38.4 Å². The fourth-order valence-corrected chi connectivity index (χ4v) is 5.94. The minimum absolute atomic E-state index is 0.0818. The molecule has 6 aromatic rings. The number of rotatable bonds is 10. The highest BCUT2D eigenvalue weighted by Gasteiger charge is 2.14. The molecule has 0 aliphatic rings. The number of nitrogens with one attached hydrogen (secondary N) is 3. The van der Waals surface area contributed by atoms with Crippen LogP contribution < -0.4 is 21.1 Å². The maximum absolute atomic E-state index is 12.4. The Morgan fingerprint density at radius 2 is 1.00 bits per heavy atom. The quantitative estimate of drug-likeness (QED) is 0.0850. The van der Waals surface area contributed by atoms with Crippen LogP contribution in [-0.2, 0) is 22.9 Å². The Balaban J connectivity index is 0.000000203. The van der Waals surface area contributed by atoms with E-state index < -0.39 is 15.9 Å². The van der Waals surface area contributed by atoms with E-state index in [9.17, 15) is 38.4 Å². The first-order valence-corrected chi connectivity index (χ1v) is 18.0. The minimum Gasteiger partial charge on any atom is -0.508 e. The average molecular weight is 723 g/mol. The summed E-state index contributed by atoms with van der Waals surface area (Å²) in [5.74, 6) is -0.794. The van der Waals surface area contributed by atoms with Gasteiger partial charge in [-0.3, -0.25) is 14.3 Å². The van der Waals surface area contributed by atoms with Crippen LogP contribution in [0.1, 0.15) is 31.8 Å². The summed E-state index contributed by atoms with van der Waals surface area (Å²) in [6.45, 7) is 0.787. The van der Waals surface area contributed by atoms with Crippen molar-refractivity contribution in [2.24, 2.45) is 0 Å². The van der Waals surface area contributed by atoms with Crippen molar-refractivity contribution >= 4 is 54.8 Å². The van der Waals surface area contributed by atoms with Crippen LogP contribution in [0.4, 0.5) is 11.4 Å². The van der Waals surface area contributed by atoms with E-state index in [2.05, 4.69) is 15.4 Å². The lowest BCUT2D eigenvalue weighted by Crippen LogP contribution is -2.25. The third-order valence-electron chi connectivity index (χ3n) is 8.00. The van der Waals surface area contributed by atoms with Crippen molar-refractivity contribution in [3.63, 3.8) is 0 Å². The lowest BCUT2D eigenvalue weighted by Gasteiger charge is -2.09. The molecule has 0 radical (unpaired) electrons. The predicted octanol–water partition coefficient (Wildman–Crippen LogP) is 5.40. The molecule has 0 heterocycles. The van der Waals surface area contributed by atoms with Crippen LogP contribution in [0.5, 0.6) is 23.0 Å². The molecular weight excluding hydrogens is 685 g/mol. The Hall–Kier alpha value is -6.47. The monoisotopic (exact) mass is 722 g/mol. The van der Waals surface area contributed by atoms with Crippen LogP contribution >= 0.6 is 0 Å². The number of phenols is 4. The van der Waals surface area contributed by atoms with E-state index >= 15 is 0 Å². The zero-order chi connectivity index (χ0) is 37.4. The van der Waals surface area contributed by atoms with Gasteiger partial charge in [-0.25, -0.2) is 8.42 Å². The van der Waals surface area contributed by atoms with Crippen molar-refractivity contribution in [3.05, 3.63) is 131 Å². The first kappa shape index (κ1) is 36.8. The number of hydrogen-bond acceptors (Lipinski definition) is 9. The molecule has 6 aromatic carbocycles. The Bertz CT molecular complexity index is 2350. The van der Waals surface area contributed by atoms with Gasteiger partial charge in [0, 0.05) is 24.5 Å². The molecule has 6 rings (SSSR count). The molecule has 12 nitrogen and oxygen atoms in total. The fraction of sp³-hybridized carbons (Fsp3) is 0.128. The maximum Gasteiger partial charge on any atom is 0.255 e. The molecule has 52 heavy (non-hydrogen) atoms. The molecule has 0 bridgehead atoms. The van der Waals surface area contributed by atoms with Gasteiger partial charge < -0.3 is 36.8 Å². The van der Waals surface area contributed by atoms with E-state index in [-0.39, 0.29) is 40.0 Å². The number of hydrogen-bond donors (Lipinski definition) is 8. The van der Waals surface area contributed by atoms with E-state index in [1.807, 2.05) is 24.3 Å². The Morgan fingerprint density at radius 3 is 1.42 bits per heavy atom. The number of fused-ring (bicyclic) bond motifs is 2. The third-order valence-corrected chi connectivity index (χ3v) is 8.61. The second-order valence-electron chi connectivity index (χ2n) is 12.1. The number of sulfonamides is 1. The number of nitrogen functional groups attached to an aromatic ring is 1. The second-order valence-corrected chi connectivity index (χ2v) is 13.9. The molecule has 13 heteroatoms. The lowest BCUT2D eigenvalue weighted by molar-refractivity contribution is 0.0943. The third kappa shape index (κ3) is 10.0. The number of aromatic hydroxyl groups is 4. The average Bonchev–Trinajstić information content (AvgIpc) is 3.09. The van der Waals surface area contributed by atoms with E-state index in [0.717, 1.165) is 28.2 Å². The summed E-state index contributed by atoms with van der Waals surface area (Å²) in [6, 6.07) is 29.9. The SMILES string of the molecule is CS(=O)(=O)Nc1ccc(CCNC(=O)c2cc3cc(O)ccc3cc2O)cc1.Nc1ccc(CCNC(=O)c2cc3cc(O)ccc3cc2O)cc1. The molecule has 0 aromatic heterocycles. The number of amides is 2. The van der Waals surface area contributed by atoms with Gasteiger partial charge in [-0.2, -0.15) is 0 Å². The highest BCUT2D eigenvalue weighted by molar-refractivity contribution is 7.92. The Morgan fingerprint density at radius 1 is 0.577 bits per heavy atom. The van der Waals surface area contributed by atoms with Gasteiger partial charge in [0.25, 0.3) is 11.8 Å². The van der Waals surface area contributed by atoms with E-state index in [1.54, 1.807) is 48.5 Å². The highest BCUT2D eigenvalue weighted by Crippen LogP contribution is 2.29. The summed E-state index contributed by atoms with van der Waals surface area (Å²) in [5, 5.41) is 47.6. The molecule has 0 fully saturated rings. The zero-order valence-electron chi connectivity index (χ0n) is 28.1. The summed E-state index contributed by atoms with van der Waals surface area (Å²) in [4.78, 5) is 24.7. The van der Waals surface area contributed by atoms with Crippen molar-refractivity contribution in [1.29, 1.82) is 0 Å². The normalized spacial score (nSPS) is 11.0. The van der Waals surface area contributed by atoms with E-state index in [4.69, 9.17) is 5.73 Å². The number of phenolic OH excluding ortho intramolecular Hbond substituents is 4. The van der Waals surface area contributed by atoms with Gasteiger partial charge >= 0.3 is 0 Å². The molecule has 2 amide bonds. The van der Waals surface area contributed by atoms with Crippen LogP contribution in [-0.4, -0.2) is 60.0 Å². The largest absolute Gasteiger partial charge is 0.508 e. The molecule has 0 aliphatic carbocycles. The number of carbonyl (C=O) groups excluding carboxylic acids is 2. The van der Waals surface area contributed by atoms with Crippen LogP contribution in [0, 0.1) is 0 Å². The molecule has 268 valence electrons. The summed E-state index contributed by atoms with van der Waals surface area (Å²) in [7, 11) is -3.32. The number of anilines is 2. The van der Waals surface area contributed by atoms with Gasteiger partial charge in [0.05, 0.1) is 17.4 Å². The molecule has 0 spiro atoms. The first-order chi connectivity index (χ1) is 24.7. The van der Waals surface area contributed by atoms with Crippen molar-refractivity contribution in [2.45, 2.75) is 12.8 Å². The van der Waals surface area contributed by atoms with Gasteiger partial charge in [-0.05, 0) is 118 Å². The summed E-state index contributed by atoms with van der Waals surface area (Å²) in [6.07, 6.45) is 2.29. The molecule has 0 atom stereocenters. The Kier molecular flexibility index (Phi) is 11.4. The van der Waals surface area contributed by atoms with Gasteiger partial charge in [0.2, 0.25) is 10.0 Å². The minimum atomic E-state index is -3.32. The van der Waals surface area contributed by atoms with Gasteiger partial charge in [0.15, 0.2) is 0 Å². The number of benzene rings is 6. The fourth-order valence-electron chi connectivity index (χ4n) is 5.38. The smallest absolute Gasteiger partial charge is 0.255 e. The Labute approximate surface area is 300 Å². The van der Waals surface area contributed by atoms with Crippen LogP contribution in [0.15, 0.2) is 109 Å². The van der Waals surface area contributed by atoms with Crippen LogP contribution in [0.3, 0.4) is 0 Å². The van der Waals surface area contributed by atoms with Crippen LogP contribution in [0.2, 0.25) is 0 Å². The predicted molar refractivity (Wildman–Crippen MR) is 202 cm³/mol. The van der Waals surface area contributed by atoms with Gasteiger partial charge in [-0.1, -0.05) is 36.4 Å². The summed E-state index contributed by atoms with van der Waals surface area (Å²) < 4.78 is 24.8. The summed E-state index contributed by atoms with van der Waals surface area (Å²) in [5.41, 5.74) is 9.12. The zero-order valence-corrected chi connectivity index (χ0v) is 28.9. The van der Waals surface area contributed by atoms with Gasteiger partial charge in [0.1, 0.15) is 23.0 Å². The van der Waals surface area contributed by atoms with Crippen molar-refractivity contribution in [2.75, 3.05) is 29.8 Å². The van der Waals surface area contributed by atoms with Gasteiger partial charge in [-0.15, -0.1) is 0 Å². The summed E-state index contributed by atoms with van der Waals surface area (Å²) >= 11 is 0. The first-order valence-electron chi connectivity index (χ1n) is 16.1. The molecule has 0 aliphatic heterocycles. The van der Waals surface area contributed by atoms with E-state index in [1.165, 1.54) is 36.4 Å². The number of carbonyl (C=O) groups is 2. The highest BCUT2D eigenvalue weighted by atomic mass is 32.2. The maximum atomic E-state index is 12.4. The van der Waals surface area contributed by atoms with Crippen LogP contribution in [0.25, 0.3) is 21.5 Å². The molecular formula is C39H38N4O8S. The van der Waals surface area contributed by atoms with E-state index in [0.29, 0.717) is 48.1 Å². The molecule has 0 unspecified atom stereocenters. The molecule has 0 saturated carbocycles. The van der Waals surface area contributed by atoms with Crippen molar-refractivity contribution in [3.8, 4) is 23.0 Å².